The van der Waals surface area contributed by atoms with Crippen LogP contribution in [0.3, 0.4) is 0 Å². The molecule has 0 N–H and O–H groups in total. The summed E-state index contributed by atoms with van der Waals surface area (Å²) in [5.74, 6) is 0.346. The number of halogens is 1. The van der Waals surface area contributed by atoms with E-state index in [-0.39, 0.29) is 23.0 Å². The van der Waals surface area contributed by atoms with Gasteiger partial charge >= 0.3 is 0 Å². The summed E-state index contributed by atoms with van der Waals surface area (Å²) in [6, 6.07) is 1.60. The second-order valence-corrected chi connectivity index (χ2v) is 5.93. The molecule has 3 rings (SSSR count). The maximum absolute atomic E-state index is 12.6. The summed E-state index contributed by atoms with van der Waals surface area (Å²) >= 11 is 5.92. The number of methoxy groups -OCH3 is 1. The standard InChI is InChI=1S/C15H18ClN3O3/c1-18-6-10(5-17-18)13-8-19(7-11(13)9-21-2)15(20)12-3-4-22-14(12)16/h3-6,11,13H,7-9H2,1-2H3/t11-,13-/m0/s1. The topological polar surface area (TPSA) is 60.5 Å². The number of rotatable bonds is 4. The van der Waals surface area contributed by atoms with Crippen LogP contribution >= 0.6 is 11.6 Å². The summed E-state index contributed by atoms with van der Waals surface area (Å²) in [5, 5.41) is 4.36. The number of amides is 1. The minimum atomic E-state index is -0.105. The first-order chi connectivity index (χ1) is 10.6. The molecule has 0 bridgehead atoms. The lowest BCUT2D eigenvalue weighted by atomic mass is 9.92. The van der Waals surface area contributed by atoms with Gasteiger partial charge in [0.05, 0.1) is 24.6 Å². The number of aryl methyl sites for hydroxylation is 1. The van der Waals surface area contributed by atoms with Crippen molar-refractivity contribution in [3.05, 3.63) is 41.1 Å². The summed E-state index contributed by atoms with van der Waals surface area (Å²) in [6.07, 6.45) is 5.27. The third-order valence-electron chi connectivity index (χ3n) is 4.11. The van der Waals surface area contributed by atoms with Crippen molar-refractivity contribution in [3.63, 3.8) is 0 Å². The van der Waals surface area contributed by atoms with Crippen LogP contribution in [-0.2, 0) is 11.8 Å². The first kappa shape index (κ1) is 15.1. The van der Waals surface area contributed by atoms with E-state index >= 15 is 0 Å². The van der Waals surface area contributed by atoms with E-state index < -0.39 is 0 Å². The number of hydrogen-bond acceptors (Lipinski definition) is 4. The van der Waals surface area contributed by atoms with Crippen molar-refractivity contribution in [3.8, 4) is 0 Å². The predicted molar refractivity (Wildman–Crippen MR) is 80.9 cm³/mol. The van der Waals surface area contributed by atoms with Gasteiger partial charge in [-0.25, -0.2) is 0 Å². The molecule has 0 aromatic carbocycles. The molecule has 118 valence electrons. The first-order valence-corrected chi connectivity index (χ1v) is 7.47. The highest BCUT2D eigenvalue weighted by Crippen LogP contribution is 2.34. The van der Waals surface area contributed by atoms with Gasteiger partial charge in [-0.15, -0.1) is 0 Å². The van der Waals surface area contributed by atoms with E-state index in [9.17, 15) is 4.79 Å². The number of nitrogens with zero attached hydrogens (tertiary/aromatic N) is 3. The van der Waals surface area contributed by atoms with Crippen LogP contribution in [0.5, 0.6) is 0 Å². The van der Waals surface area contributed by atoms with Gasteiger partial charge in [-0.2, -0.15) is 5.10 Å². The molecule has 2 aromatic heterocycles. The Morgan fingerprint density at radius 2 is 2.36 bits per heavy atom. The van der Waals surface area contributed by atoms with Crippen LogP contribution in [0, 0.1) is 5.92 Å². The van der Waals surface area contributed by atoms with Gasteiger partial charge in [0.1, 0.15) is 0 Å². The van der Waals surface area contributed by atoms with Gasteiger partial charge in [-0.05, 0) is 23.2 Å². The van der Waals surface area contributed by atoms with Gasteiger partial charge in [0.15, 0.2) is 0 Å². The summed E-state index contributed by atoms with van der Waals surface area (Å²) in [6.45, 7) is 1.86. The molecule has 1 fully saturated rings. The fraction of sp³-hybridized carbons (Fsp3) is 0.467. The first-order valence-electron chi connectivity index (χ1n) is 7.10. The Balaban J connectivity index is 1.81. The van der Waals surface area contributed by atoms with Gasteiger partial charge in [-0.1, -0.05) is 0 Å². The molecule has 0 spiro atoms. The second kappa shape index (κ2) is 6.14. The van der Waals surface area contributed by atoms with Crippen LogP contribution in [0.25, 0.3) is 0 Å². The molecule has 1 aliphatic heterocycles. The van der Waals surface area contributed by atoms with E-state index in [0.717, 1.165) is 5.56 Å². The van der Waals surface area contributed by atoms with Gasteiger partial charge in [0.2, 0.25) is 5.22 Å². The largest absolute Gasteiger partial charge is 0.452 e. The maximum Gasteiger partial charge on any atom is 0.258 e. The van der Waals surface area contributed by atoms with Crippen molar-refractivity contribution in [1.29, 1.82) is 0 Å². The average Bonchev–Trinajstić information content (AvgIpc) is 3.18. The fourth-order valence-electron chi connectivity index (χ4n) is 3.05. The van der Waals surface area contributed by atoms with Crippen LogP contribution < -0.4 is 0 Å². The zero-order valence-electron chi connectivity index (χ0n) is 12.5. The quantitative estimate of drug-likeness (QED) is 0.865. The zero-order chi connectivity index (χ0) is 15.7. The lowest BCUT2D eigenvalue weighted by molar-refractivity contribution is 0.0775. The normalized spacial score (nSPS) is 21.5. The molecule has 0 unspecified atom stereocenters. The van der Waals surface area contributed by atoms with Crippen LogP contribution in [0.1, 0.15) is 21.8 Å². The summed E-state index contributed by atoms with van der Waals surface area (Å²) < 4.78 is 12.1. The van der Waals surface area contributed by atoms with E-state index in [2.05, 4.69) is 5.10 Å². The number of ether oxygens (including phenoxy) is 1. The molecule has 0 radical (unpaired) electrons. The Hall–Kier alpha value is -1.79. The predicted octanol–water partition coefficient (Wildman–Crippen LogP) is 2.17. The van der Waals surface area contributed by atoms with E-state index in [1.165, 1.54) is 6.26 Å². The zero-order valence-corrected chi connectivity index (χ0v) is 13.3. The highest BCUT2D eigenvalue weighted by atomic mass is 35.5. The second-order valence-electron chi connectivity index (χ2n) is 5.59. The molecule has 1 saturated heterocycles. The minimum Gasteiger partial charge on any atom is -0.452 e. The fourth-order valence-corrected chi connectivity index (χ4v) is 3.24. The van der Waals surface area contributed by atoms with E-state index in [0.29, 0.717) is 25.3 Å². The van der Waals surface area contributed by atoms with Crippen molar-refractivity contribution in [1.82, 2.24) is 14.7 Å². The van der Waals surface area contributed by atoms with E-state index in [1.807, 2.05) is 19.4 Å². The highest BCUT2D eigenvalue weighted by molar-refractivity contribution is 6.32. The third kappa shape index (κ3) is 2.76. The van der Waals surface area contributed by atoms with Crippen molar-refractivity contribution in [2.75, 3.05) is 26.8 Å². The van der Waals surface area contributed by atoms with Crippen LogP contribution in [0.2, 0.25) is 5.22 Å². The summed E-state index contributed by atoms with van der Waals surface area (Å²) in [7, 11) is 3.57. The number of aromatic nitrogens is 2. The van der Waals surface area contributed by atoms with Gasteiger partial charge in [0.25, 0.3) is 5.91 Å². The smallest absolute Gasteiger partial charge is 0.258 e. The molecule has 3 heterocycles. The number of hydrogen-bond donors (Lipinski definition) is 0. The Morgan fingerprint density at radius 3 is 2.95 bits per heavy atom. The Morgan fingerprint density at radius 1 is 1.55 bits per heavy atom. The number of carbonyl (C=O) groups excluding carboxylic acids is 1. The third-order valence-corrected chi connectivity index (χ3v) is 4.40. The number of likely N-dealkylation sites (tertiary alicyclic amines) is 1. The number of furan rings is 1. The minimum absolute atomic E-state index is 0.105. The Labute approximate surface area is 133 Å². The summed E-state index contributed by atoms with van der Waals surface area (Å²) in [5.41, 5.74) is 1.53. The van der Waals surface area contributed by atoms with Gasteiger partial charge < -0.3 is 14.1 Å². The molecular weight excluding hydrogens is 306 g/mol. The molecule has 1 amide bonds. The molecule has 7 heteroatoms. The van der Waals surface area contributed by atoms with Crippen LogP contribution in [-0.4, -0.2) is 47.4 Å². The van der Waals surface area contributed by atoms with Crippen molar-refractivity contribution >= 4 is 17.5 Å². The lowest BCUT2D eigenvalue weighted by Crippen LogP contribution is -2.29. The molecule has 2 atom stereocenters. The van der Waals surface area contributed by atoms with Crippen LogP contribution in [0.15, 0.2) is 29.1 Å². The van der Waals surface area contributed by atoms with E-state index in [4.69, 9.17) is 20.8 Å². The van der Waals surface area contributed by atoms with Gasteiger partial charge in [0, 0.05) is 45.3 Å². The SMILES string of the molecule is COC[C@@H]1CN(C(=O)c2ccoc2Cl)C[C@H]1c1cnn(C)c1. The lowest BCUT2D eigenvalue weighted by Gasteiger charge is -2.15. The summed E-state index contributed by atoms with van der Waals surface area (Å²) in [4.78, 5) is 14.4. The molecule has 22 heavy (non-hydrogen) atoms. The van der Waals surface area contributed by atoms with E-state index in [1.54, 1.807) is 22.8 Å². The van der Waals surface area contributed by atoms with Crippen molar-refractivity contribution in [2.24, 2.45) is 13.0 Å². The molecular formula is C15H18ClN3O3. The average molecular weight is 324 g/mol. The monoisotopic (exact) mass is 323 g/mol. The molecule has 1 aliphatic rings. The van der Waals surface area contributed by atoms with Crippen LogP contribution in [0.4, 0.5) is 0 Å². The number of carbonyl (C=O) groups is 1. The Bertz CT molecular complexity index is 667. The van der Waals surface area contributed by atoms with Crippen molar-refractivity contribution in [2.45, 2.75) is 5.92 Å². The molecule has 6 nitrogen and oxygen atoms in total. The molecule has 0 saturated carbocycles. The Kier molecular flexibility index (Phi) is 4.22. The maximum atomic E-state index is 12.6. The molecule has 2 aromatic rings. The molecule has 0 aliphatic carbocycles. The highest BCUT2D eigenvalue weighted by Gasteiger charge is 2.37. The van der Waals surface area contributed by atoms with Crippen molar-refractivity contribution < 1.29 is 13.9 Å². The van der Waals surface area contributed by atoms with Gasteiger partial charge in [-0.3, -0.25) is 9.48 Å².